The van der Waals surface area contributed by atoms with Crippen molar-refractivity contribution in [3.05, 3.63) is 22.2 Å². The van der Waals surface area contributed by atoms with Gasteiger partial charge in [0.25, 0.3) is 0 Å². The van der Waals surface area contributed by atoms with Crippen LogP contribution in [-0.4, -0.2) is 22.1 Å². The number of nitrogens with one attached hydrogen (secondary N) is 1. The highest BCUT2D eigenvalue weighted by molar-refractivity contribution is 9.10. The van der Waals surface area contributed by atoms with Crippen LogP contribution in [0.25, 0.3) is 0 Å². The van der Waals surface area contributed by atoms with Crippen molar-refractivity contribution in [2.75, 3.05) is 5.32 Å². The molecule has 0 bridgehead atoms. The molecule has 1 rings (SSSR count). The molecule has 0 aliphatic rings. The van der Waals surface area contributed by atoms with Crippen LogP contribution in [0.15, 0.2) is 16.6 Å². The molecule has 1 aromatic carbocycles. The van der Waals surface area contributed by atoms with Crippen LogP contribution >= 0.6 is 15.9 Å². The summed E-state index contributed by atoms with van der Waals surface area (Å²) in [6.45, 7) is 3.07. The number of hydrogen-bond acceptors (Lipinski definition) is 3. The summed E-state index contributed by atoms with van der Waals surface area (Å²) >= 11 is 3.14. The number of halogens is 1. The summed E-state index contributed by atoms with van der Waals surface area (Å²) in [5.41, 5.74) is 1.02. The first kappa shape index (κ1) is 13.5. The Balaban J connectivity index is 2.96. The average molecular weight is 302 g/mol. The summed E-state index contributed by atoms with van der Waals surface area (Å²) in [5, 5.41) is 20.7. The molecular weight excluding hydrogens is 290 g/mol. The zero-order chi connectivity index (χ0) is 13.2. The van der Waals surface area contributed by atoms with Crippen LogP contribution in [0.5, 0.6) is 5.75 Å². The third-order valence-electron chi connectivity index (χ3n) is 2.23. The molecule has 1 unspecified atom stereocenters. The van der Waals surface area contributed by atoms with Gasteiger partial charge in [0.2, 0.25) is 5.91 Å². The Morgan fingerprint density at radius 2 is 2.00 bits per heavy atom. The molecule has 5 nitrogen and oxygen atoms in total. The van der Waals surface area contributed by atoms with Gasteiger partial charge in [-0.05, 0) is 47.5 Å². The number of carboxylic acid groups (broad SMARTS) is 1. The number of aliphatic carboxylic acids is 1. The molecular formula is C11H12BrNO4. The second kappa shape index (κ2) is 5.18. The van der Waals surface area contributed by atoms with Crippen molar-refractivity contribution in [3.8, 4) is 5.75 Å². The molecule has 0 spiro atoms. The molecule has 0 saturated heterocycles. The van der Waals surface area contributed by atoms with Crippen LogP contribution in [-0.2, 0) is 9.59 Å². The van der Waals surface area contributed by atoms with Gasteiger partial charge < -0.3 is 15.5 Å². The van der Waals surface area contributed by atoms with Crippen LogP contribution < -0.4 is 5.32 Å². The highest BCUT2D eigenvalue weighted by Gasteiger charge is 2.21. The molecule has 0 aromatic heterocycles. The second-order valence-electron chi connectivity index (χ2n) is 3.69. The number of rotatable bonds is 3. The van der Waals surface area contributed by atoms with Crippen LogP contribution in [0.2, 0.25) is 0 Å². The number of carbonyl (C=O) groups excluding carboxylic acids is 1. The van der Waals surface area contributed by atoms with Gasteiger partial charge in [-0.15, -0.1) is 0 Å². The zero-order valence-electron chi connectivity index (χ0n) is 9.32. The van der Waals surface area contributed by atoms with Gasteiger partial charge in [-0.25, -0.2) is 0 Å². The van der Waals surface area contributed by atoms with Crippen LogP contribution in [0.1, 0.15) is 12.5 Å². The number of benzene rings is 1. The number of aryl methyl sites for hydroxylation is 1. The van der Waals surface area contributed by atoms with E-state index in [0.717, 1.165) is 5.56 Å². The van der Waals surface area contributed by atoms with E-state index < -0.39 is 17.8 Å². The normalized spacial score (nSPS) is 11.9. The molecule has 0 aliphatic heterocycles. The lowest BCUT2D eigenvalue weighted by Crippen LogP contribution is -2.26. The molecule has 1 amide bonds. The average Bonchev–Trinajstić information content (AvgIpc) is 2.23. The molecule has 92 valence electrons. The molecule has 17 heavy (non-hydrogen) atoms. The standard InChI is InChI=1S/C11H12BrNO4/c1-5-3-7(12)9(14)8(4-5)13-10(15)6(2)11(16)17/h3-4,6,14H,1-2H3,(H,13,15)(H,16,17). The largest absolute Gasteiger partial charge is 0.505 e. The lowest BCUT2D eigenvalue weighted by atomic mass is 10.1. The lowest BCUT2D eigenvalue weighted by molar-refractivity contribution is -0.144. The Hall–Kier alpha value is -1.56. The topological polar surface area (TPSA) is 86.6 Å². The van der Waals surface area contributed by atoms with Crippen LogP contribution in [0.4, 0.5) is 5.69 Å². The first-order valence-electron chi connectivity index (χ1n) is 4.85. The lowest BCUT2D eigenvalue weighted by Gasteiger charge is -2.11. The summed E-state index contributed by atoms with van der Waals surface area (Å²) < 4.78 is 0.441. The van der Waals surface area contributed by atoms with E-state index in [1.807, 2.05) is 0 Å². The maximum atomic E-state index is 11.5. The maximum absolute atomic E-state index is 11.5. The molecule has 1 atom stereocenters. The Bertz CT molecular complexity index is 473. The second-order valence-corrected chi connectivity index (χ2v) is 4.55. The van der Waals surface area contributed by atoms with E-state index in [9.17, 15) is 14.7 Å². The number of anilines is 1. The molecule has 0 aliphatic carbocycles. The Morgan fingerprint density at radius 1 is 1.41 bits per heavy atom. The van der Waals surface area contributed by atoms with Crippen molar-refractivity contribution in [2.45, 2.75) is 13.8 Å². The van der Waals surface area contributed by atoms with Gasteiger partial charge >= 0.3 is 5.97 Å². The van der Waals surface area contributed by atoms with Crippen molar-refractivity contribution < 1.29 is 19.8 Å². The fourth-order valence-corrected chi connectivity index (χ4v) is 1.76. The zero-order valence-corrected chi connectivity index (χ0v) is 10.9. The van der Waals surface area contributed by atoms with Gasteiger partial charge in [0.1, 0.15) is 5.92 Å². The Labute approximate surface area is 107 Å². The highest BCUT2D eigenvalue weighted by atomic mass is 79.9. The van der Waals surface area contributed by atoms with Crippen LogP contribution in [0, 0.1) is 12.8 Å². The summed E-state index contributed by atoms with van der Waals surface area (Å²) in [4.78, 5) is 22.1. The van der Waals surface area contributed by atoms with Gasteiger partial charge in [-0.2, -0.15) is 0 Å². The van der Waals surface area contributed by atoms with E-state index in [4.69, 9.17) is 5.11 Å². The van der Waals surface area contributed by atoms with Crippen molar-refractivity contribution in [1.82, 2.24) is 0 Å². The van der Waals surface area contributed by atoms with E-state index in [2.05, 4.69) is 21.2 Å². The number of carboxylic acids is 1. The summed E-state index contributed by atoms with van der Waals surface area (Å²) in [6.07, 6.45) is 0. The maximum Gasteiger partial charge on any atom is 0.315 e. The van der Waals surface area contributed by atoms with Gasteiger partial charge in [-0.3, -0.25) is 9.59 Å². The Kier molecular flexibility index (Phi) is 4.11. The third-order valence-corrected chi connectivity index (χ3v) is 2.83. The van der Waals surface area contributed by atoms with Crippen molar-refractivity contribution in [3.63, 3.8) is 0 Å². The highest BCUT2D eigenvalue weighted by Crippen LogP contribution is 2.33. The minimum atomic E-state index is -1.21. The SMILES string of the molecule is Cc1cc(Br)c(O)c(NC(=O)C(C)C(=O)O)c1. The van der Waals surface area contributed by atoms with E-state index in [1.54, 1.807) is 19.1 Å². The predicted molar refractivity (Wildman–Crippen MR) is 66.0 cm³/mol. The number of carbonyl (C=O) groups is 2. The monoisotopic (exact) mass is 301 g/mol. The Morgan fingerprint density at radius 3 is 2.53 bits per heavy atom. The molecule has 3 N–H and O–H groups in total. The number of aromatic hydroxyl groups is 1. The van der Waals surface area contributed by atoms with Gasteiger partial charge in [-0.1, -0.05) is 0 Å². The molecule has 0 heterocycles. The first-order chi connectivity index (χ1) is 7.82. The molecule has 6 heteroatoms. The molecule has 1 aromatic rings. The van der Waals surface area contributed by atoms with Gasteiger partial charge in [0.15, 0.2) is 5.75 Å². The fraction of sp³-hybridized carbons (Fsp3) is 0.273. The number of phenols is 1. The van der Waals surface area contributed by atoms with Crippen molar-refractivity contribution >= 4 is 33.5 Å². The van der Waals surface area contributed by atoms with Gasteiger partial charge in [0, 0.05) is 0 Å². The molecule has 0 saturated carbocycles. The quantitative estimate of drug-likeness (QED) is 0.589. The molecule has 0 fully saturated rings. The smallest absolute Gasteiger partial charge is 0.315 e. The third kappa shape index (κ3) is 3.20. The molecule has 0 radical (unpaired) electrons. The number of hydrogen-bond donors (Lipinski definition) is 3. The van der Waals surface area contributed by atoms with E-state index in [1.165, 1.54) is 6.92 Å². The van der Waals surface area contributed by atoms with E-state index in [0.29, 0.717) is 4.47 Å². The van der Waals surface area contributed by atoms with Crippen LogP contribution in [0.3, 0.4) is 0 Å². The first-order valence-corrected chi connectivity index (χ1v) is 5.65. The summed E-state index contributed by atoms with van der Waals surface area (Å²) in [5.74, 6) is -3.19. The van der Waals surface area contributed by atoms with E-state index >= 15 is 0 Å². The number of amides is 1. The number of phenolic OH excluding ortho intramolecular Hbond substituents is 1. The fourth-order valence-electron chi connectivity index (χ4n) is 1.18. The summed E-state index contributed by atoms with van der Waals surface area (Å²) in [6, 6.07) is 3.25. The summed E-state index contributed by atoms with van der Waals surface area (Å²) in [7, 11) is 0. The minimum absolute atomic E-state index is 0.124. The van der Waals surface area contributed by atoms with E-state index in [-0.39, 0.29) is 11.4 Å². The van der Waals surface area contributed by atoms with Gasteiger partial charge in [0.05, 0.1) is 10.2 Å². The predicted octanol–water partition coefficient (Wildman–Crippen LogP) is 2.12. The van der Waals surface area contributed by atoms with Crippen molar-refractivity contribution in [1.29, 1.82) is 0 Å². The minimum Gasteiger partial charge on any atom is -0.505 e. The van der Waals surface area contributed by atoms with Crippen molar-refractivity contribution in [2.24, 2.45) is 5.92 Å².